The standard InChI is InChI=1S/C22H26N4O5/c1-14(2)20(23-12-18(27)13-30-19-7-5-4-6-15(19)3)22-24-21(25-31-22)16-8-10-17(11-9-16)26(28)29/h4-11,14,18,20,23,27H,12-13H2,1-3H3/t18-,20-/m0/s1. The summed E-state index contributed by atoms with van der Waals surface area (Å²) in [6.07, 6.45) is -0.724. The molecule has 0 bridgehead atoms. The highest BCUT2D eigenvalue weighted by Crippen LogP contribution is 2.25. The highest BCUT2D eigenvalue weighted by molar-refractivity contribution is 5.56. The van der Waals surface area contributed by atoms with Gasteiger partial charge in [-0.05, 0) is 36.6 Å². The van der Waals surface area contributed by atoms with Crippen molar-refractivity contribution in [3.63, 3.8) is 0 Å². The van der Waals surface area contributed by atoms with Crippen molar-refractivity contribution in [3.8, 4) is 17.1 Å². The van der Waals surface area contributed by atoms with Crippen LogP contribution in [0.4, 0.5) is 5.69 Å². The summed E-state index contributed by atoms with van der Waals surface area (Å²) in [4.78, 5) is 14.8. The number of ether oxygens (including phenoxy) is 1. The number of hydrogen-bond donors (Lipinski definition) is 2. The van der Waals surface area contributed by atoms with Crippen LogP contribution in [0.5, 0.6) is 5.75 Å². The fourth-order valence-corrected chi connectivity index (χ4v) is 3.05. The van der Waals surface area contributed by atoms with Crippen LogP contribution in [0.15, 0.2) is 53.1 Å². The molecule has 0 aliphatic heterocycles. The zero-order valence-corrected chi connectivity index (χ0v) is 17.7. The van der Waals surface area contributed by atoms with Gasteiger partial charge in [-0.2, -0.15) is 4.98 Å². The molecule has 3 aromatic rings. The third-order valence-electron chi connectivity index (χ3n) is 4.81. The highest BCUT2D eigenvalue weighted by atomic mass is 16.6. The normalized spacial score (nSPS) is 13.2. The molecule has 3 rings (SSSR count). The van der Waals surface area contributed by atoms with Gasteiger partial charge in [0.15, 0.2) is 0 Å². The van der Waals surface area contributed by atoms with Gasteiger partial charge in [-0.15, -0.1) is 0 Å². The molecular weight excluding hydrogens is 400 g/mol. The third kappa shape index (κ3) is 5.87. The fraction of sp³-hybridized carbons (Fsp3) is 0.364. The summed E-state index contributed by atoms with van der Waals surface area (Å²) in [7, 11) is 0. The van der Waals surface area contributed by atoms with Gasteiger partial charge in [-0.1, -0.05) is 37.2 Å². The van der Waals surface area contributed by atoms with Gasteiger partial charge in [0.05, 0.1) is 11.0 Å². The Hall–Kier alpha value is -3.30. The predicted molar refractivity (Wildman–Crippen MR) is 115 cm³/mol. The van der Waals surface area contributed by atoms with Crippen LogP contribution in [0.2, 0.25) is 0 Å². The lowest BCUT2D eigenvalue weighted by atomic mass is 10.0. The van der Waals surface area contributed by atoms with Crippen LogP contribution < -0.4 is 10.1 Å². The summed E-state index contributed by atoms with van der Waals surface area (Å²) in [5, 5.41) is 28.4. The monoisotopic (exact) mass is 426 g/mol. The van der Waals surface area contributed by atoms with E-state index in [0.717, 1.165) is 11.3 Å². The Bertz CT molecular complexity index is 1000. The van der Waals surface area contributed by atoms with Crippen molar-refractivity contribution in [1.29, 1.82) is 0 Å². The number of nitro benzene ring substituents is 1. The second kappa shape index (κ2) is 10.1. The van der Waals surface area contributed by atoms with E-state index >= 15 is 0 Å². The Balaban J connectivity index is 1.60. The molecule has 0 aliphatic rings. The maximum atomic E-state index is 10.8. The van der Waals surface area contributed by atoms with Crippen LogP contribution >= 0.6 is 0 Å². The molecule has 2 N–H and O–H groups in total. The van der Waals surface area contributed by atoms with Gasteiger partial charge in [-0.25, -0.2) is 0 Å². The first kappa shape index (κ1) is 22.4. The topological polar surface area (TPSA) is 124 Å². The van der Waals surface area contributed by atoms with Crippen LogP contribution in [-0.4, -0.2) is 39.4 Å². The molecule has 164 valence electrons. The molecule has 2 atom stereocenters. The molecular formula is C22H26N4O5. The number of rotatable bonds is 10. The molecule has 0 unspecified atom stereocenters. The van der Waals surface area contributed by atoms with Crippen LogP contribution in [-0.2, 0) is 0 Å². The molecule has 2 aromatic carbocycles. The van der Waals surface area contributed by atoms with Gasteiger partial charge in [0, 0.05) is 24.2 Å². The van der Waals surface area contributed by atoms with Crippen molar-refractivity contribution in [1.82, 2.24) is 15.5 Å². The Kier molecular flexibility index (Phi) is 7.32. The van der Waals surface area contributed by atoms with Crippen LogP contribution in [0.25, 0.3) is 11.4 Å². The van der Waals surface area contributed by atoms with Gasteiger partial charge in [-0.3, -0.25) is 10.1 Å². The SMILES string of the molecule is Cc1ccccc1OC[C@@H](O)CN[C@H](c1nc(-c2ccc([N+](=O)[O-])cc2)no1)C(C)C. The minimum absolute atomic E-state index is 0.00362. The summed E-state index contributed by atoms with van der Waals surface area (Å²) < 4.78 is 11.1. The van der Waals surface area contributed by atoms with Crippen molar-refractivity contribution >= 4 is 5.69 Å². The Morgan fingerprint density at radius 2 is 1.90 bits per heavy atom. The van der Waals surface area contributed by atoms with Crippen molar-refractivity contribution in [2.24, 2.45) is 5.92 Å². The number of aromatic nitrogens is 2. The molecule has 0 spiro atoms. The zero-order chi connectivity index (χ0) is 22.4. The van der Waals surface area contributed by atoms with Gasteiger partial charge in [0.1, 0.15) is 18.5 Å². The predicted octanol–water partition coefficient (Wildman–Crippen LogP) is 3.68. The number of aryl methyl sites for hydroxylation is 1. The Morgan fingerprint density at radius 1 is 1.19 bits per heavy atom. The average Bonchev–Trinajstić information content (AvgIpc) is 3.23. The van der Waals surface area contributed by atoms with E-state index in [4.69, 9.17) is 9.26 Å². The van der Waals surface area contributed by atoms with Gasteiger partial charge >= 0.3 is 0 Å². The molecule has 0 amide bonds. The zero-order valence-electron chi connectivity index (χ0n) is 17.7. The molecule has 0 fully saturated rings. The van der Waals surface area contributed by atoms with E-state index in [9.17, 15) is 15.2 Å². The molecule has 9 nitrogen and oxygen atoms in total. The Morgan fingerprint density at radius 3 is 2.55 bits per heavy atom. The fourth-order valence-electron chi connectivity index (χ4n) is 3.05. The third-order valence-corrected chi connectivity index (χ3v) is 4.81. The number of aliphatic hydroxyl groups is 1. The first-order valence-electron chi connectivity index (χ1n) is 10.0. The number of hydrogen-bond acceptors (Lipinski definition) is 8. The van der Waals surface area contributed by atoms with Crippen molar-refractivity contribution in [3.05, 3.63) is 70.1 Å². The molecule has 31 heavy (non-hydrogen) atoms. The summed E-state index contributed by atoms with van der Waals surface area (Å²) in [5.74, 6) is 1.59. The molecule has 9 heteroatoms. The van der Waals surface area contributed by atoms with Crippen molar-refractivity contribution in [2.75, 3.05) is 13.2 Å². The molecule has 1 heterocycles. The van der Waals surface area contributed by atoms with E-state index in [2.05, 4.69) is 15.5 Å². The van der Waals surface area contributed by atoms with Crippen LogP contribution in [0.3, 0.4) is 0 Å². The van der Waals surface area contributed by atoms with E-state index in [-0.39, 0.29) is 30.8 Å². The Labute approximate surface area is 180 Å². The van der Waals surface area contributed by atoms with Gasteiger partial charge in [0.2, 0.25) is 11.7 Å². The van der Waals surface area contributed by atoms with Crippen molar-refractivity contribution < 1.29 is 19.3 Å². The number of non-ortho nitro benzene ring substituents is 1. The molecule has 1 aromatic heterocycles. The lowest BCUT2D eigenvalue weighted by molar-refractivity contribution is -0.384. The number of para-hydroxylation sites is 1. The average molecular weight is 426 g/mol. The molecule has 0 saturated heterocycles. The van der Waals surface area contributed by atoms with Crippen LogP contribution in [0, 0.1) is 23.0 Å². The quantitative estimate of drug-likeness (QED) is 0.372. The van der Waals surface area contributed by atoms with Gasteiger partial charge in [0.25, 0.3) is 5.69 Å². The summed E-state index contributed by atoms with van der Waals surface area (Å²) >= 11 is 0. The molecule has 0 radical (unpaired) electrons. The second-order valence-electron chi connectivity index (χ2n) is 7.62. The minimum Gasteiger partial charge on any atom is -0.491 e. The highest BCUT2D eigenvalue weighted by Gasteiger charge is 2.24. The van der Waals surface area contributed by atoms with E-state index in [0.29, 0.717) is 17.3 Å². The number of aliphatic hydroxyl groups excluding tert-OH is 1. The number of nitro groups is 1. The van der Waals surface area contributed by atoms with E-state index in [1.54, 1.807) is 12.1 Å². The minimum atomic E-state index is -0.724. The molecule has 0 aliphatic carbocycles. The first-order chi connectivity index (χ1) is 14.8. The maximum Gasteiger partial charge on any atom is 0.269 e. The summed E-state index contributed by atoms with van der Waals surface area (Å²) in [6, 6.07) is 13.3. The van der Waals surface area contributed by atoms with E-state index in [1.807, 2.05) is 45.0 Å². The van der Waals surface area contributed by atoms with E-state index in [1.165, 1.54) is 12.1 Å². The van der Waals surface area contributed by atoms with Crippen LogP contribution in [0.1, 0.15) is 31.3 Å². The summed E-state index contributed by atoms with van der Waals surface area (Å²) in [5.41, 5.74) is 1.62. The largest absolute Gasteiger partial charge is 0.491 e. The number of nitrogens with zero attached hydrogens (tertiary/aromatic N) is 3. The van der Waals surface area contributed by atoms with E-state index < -0.39 is 11.0 Å². The number of benzene rings is 2. The lowest BCUT2D eigenvalue weighted by Crippen LogP contribution is -2.36. The van der Waals surface area contributed by atoms with Gasteiger partial charge < -0.3 is 19.7 Å². The number of nitrogens with one attached hydrogen (secondary N) is 1. The lowest BCUT2D eigenvalue weighted by Gasteiger charge is -2.21. The smallest absolute Gasteiger partial charge is 0.269 e. The molecule has 0 saturated carbocycles. The maximum absolute atomic E-state index is 10.8. The second-order valence-corrected chi connectivity index (χ2v) is 7.62. The summed E-state index contributed by atoms with van der Waals surface area (Å²) in [6.45, 7) is 6.39. The van der Waals surface area contributed by atoms with Crippen molar-refractivity contribution in [2.45, 2.75) is 32.9 Å². The first-order valence-corrected chi connectivity index (χ1v) is 10.0.